The quantitative estimate of drug-likeness (QED) is 0.785. The van der Waals surface area contributed by atoms with Gasteiger partial charge in [0, 0.05) is 10.7 Å². The van der Waals surface area contributed by atoms with Gasteiger partial charge in [0.05, 0.1) is 22.3 Å². The highest BCUT2D eigenvalue weighted by atomic mass is 79.9. The Morgan fingerprint density at radius 1 is 1.29 bits per heavy atom. The molecule has 0 amide bonds. The summed E-state index contributed by atoms with van der Waals surface area (Å²) in [4.78, 5) is 3.58. The molecule has 0 aliphatic carbocycles. The minimum absolute atomic E-state index is 0.0233. The average molecular weight is 407 g/mol. The van der Waals surface area contributed by atoms with Crippen molar-refractivity contribution in [2.24, 2.45) is 0 Å². The normalized spacial score (nSPS) is 11.0. The van der Waals surface area contributed by atoms with E-state index in [0.29, 0.717) is 15.7 Å². The first-order chi connectivity index (χ1) is 9.83. The number of hydrogen-bond donors (Lipinski definition) is 1. The summed E-state index contributed by atoms with van der Waals surface area (Å²) in [6.45, 7) is 0. The number of aromatic nitrogens is 1. The molecule has 0 saturated heterocycles. The Labute approximate surface area is 139 Å². The topological polar surface area (TPSA) is 82.9 Å². The van der Waals surface area contributed by atoms with E-state index in [2.05, 4.69) is 25.6 Å². The third-order valence-electron chi connectivity index (χ3n) is 2.42. The molecule has 0 unspecified atom stereocenters. The molecule has 1 N–H and O–H groups in total. The summed E-state index contributed by atoms with van der Waals surface area (Å²) < 4.78 is 27.3. The molecule has 0 aliphatic heterocycles. The van der Waals surface area contributed by atoms with Crippen LogP contribution in [0.15, 0.2) is 39.8 Å². The van der Waals surface area contributed by atoms with Crippen molar-refractivity contribution in [2.75, 3.05) is 4.72 Å². The van der Waals surface area contributed by atoms with Crippen molar-refractivity contribution in [1.29, 1.82) is 5.26 Å². The van der Waals surface area contributed by atoms with Crippen LogP contribution in [-0.2, 0) is 10.0 Å². The lowest BCUT2D eigenvalue weighted by molar-refractivity contribution is 0.601. The zero-order valence-corrected chi connectivity index (χ0v) is 14.1. The molecule has 5 nitrogen and oxygen atoms in total. The first-order valence-corrected chi connectivity index (χ1v) is 8.40. The minimum Gasteiger partial charge on any atom is -0.278 e. The predicted molar refractivity (Wildman–Crippen MR) is 83.9 cm³/mol. The summed E-state index contributed by atoms with van der Waals surface area (Å²) >= 11 is 14.6. The molecule has 0 radical (unpaired) electrons. The molecule has 0 atom stereocenters. The zero-order chi connectivity index (χ0) is 15.6. The predicted octanol–water partition coefficient (Wildman–Crippen LogP) is 3.82. The third-order valence-corrected chi connectivity index (χ3v) is 5.10. The standard InChI is InChI=1S/C12H6BrCl2N3O2S/c13-9-3-7(5-16)1-2-11(9)18-21(19,20)8-4-10(14)12(15)17-6-8/h1-4,6,18H. The molecule has 0 fully saturated rings. The molecule has 0 spiro atoms. The number of sulfonamides is 1. The monoisotopic (exact) mass is 405 g/mol. The molecule has 0 bridgehead atoms. The van der Waals surface area contributed by atoms with Crippen LogP contribution in [0.3, 0.4) is 0 Å². The fraction of sp³-hybridized carbons (Fsp3) is 0. The van der Waals surface area contributed by atoms with Gasteiger partial charge in [0.15, 0.2) is 0 Å². The van der Waals surface area contributed by atoms with Crippen molar-refractivity contribution in [3.05, 3.63) is 50.7 Å². The number of hydrogen-bond acceptors (Lipinski definition) is 4. The summed E-state index contributed by atoms with van der Waals surface area (Å²) in [6, 6.07) is 7.64. The van der Waals surface area contributed by atoms with Crippen molar-refractivity contribution >= 4 is 54.8 Å². The SMILES string of the molecule is N#Cc1ccc(NS(=O)(=O)c2cnc(Cl)c(Cl)c2)c(Br)c1. The average Bonchev–Trinajstić information content (AvgIpc) is 2.43. The minimum atomic E-state index is -3.86. The van der Waals surface area contributed by atoms with Gasteiger partial charge in [-0.2, -0.15) is 5.26 Å². The third kappa shape index (κ3) is 3.66. The molecular formula is C12H6BrCl2N3O2S. The van der Waals surface area contributed by atoms with Crippen molar-refractivity contribution in [3.8, 4) is 6.07 Å². The van der Waals surface area contributed by atoms with Gasteiger partial charge in [-0.1, -0.05) is 23.2 Å². The lowest BCUT2D eigenvalue weighted by atomic mass is 10.2. The van der Waals surface area contributed by atoms with Crippen LogP contribution in [0.25, 0.3) is 0 Å². The number of halogens is 3. The smallest absolute Gasteiger partial charge is 0.263 e. The molecular weight excluding hydrogens is 401 g/mol. The van der Waals surface area contributed by atoms with Crippen molar-refractivity contribution in [3.63, 3.8) is 0 Å². The van der Waals surface area contributed by atoms with Gasteiger partial charge in [-0.25, -0.2) is 13.4 Å². The Morgan fingerprint density at radius 3 is 2.57 bits per heavy atom. The first-order valence-electron chi connectivity index (χ1n) is 5.37. The van der Waals surface area contributed by atoms with E-state index >= 15 is 0 Å². The van der Waals surface area contributed by atoms with Gasteiger partial charge in [0.25, 0.3) is 10.0 Å². The fourth-order valence-corrected chi connectivity index (χ4v) is 3.42. The zero-order valence-electron chi connectivity index (χ0n) is 10.1. The number of nitriles is 1. The highest BCUT2D eigenvalue weighted by molar-refractivity contribution is 9.10. The first kappa shape index (κ1) is 16.0. The van der Waals surface area contributed by atoms with Gasteiger partial charge in [0.2, 0.25) is 0 Å². The van der Waals surface area contributed by atoms with Crippen LogP contribution < -0.4 is 4.72 Å². The van der Waals surface area contributed by atoms with Crippen LogP contribution in [0.4, 0.5) is 5.69 Å². The van der Waals surface area contributed by atoms with Gasteiger partial charge < -0.3 is 0 Å². The van der Waals surface area contributed by atoms with Gasteiger partial charge in [-0.05, 0) is 40.2 Å². The highest BCUT2D eigenvalue weighted by Gasteiger charge is 2.17. The van der Waals surface area contributed by atoms with Crippen LogP contribution in [0.2, 0.25) is 10.2 Å². The Bertz CT molecular complexity index is 850. The van der Waals surface area contributed by atoms with Crippen LogP contribution in [0.1, 0.15) is 5.56 Å². The van der Waals surface area contributed by atoms with Crippen molar-refractivity contribution in [1.82, 2.24) is 4.98 Å². The van der Waals surface area contributed by atoms with Gasteiger partial charge in [-0.3, -0.25) is 4.72 Å². The Balaban J connectivity index is 2.37. The Morgan fingerprint density at radius 2 is 2.00 bits per heavy atom. The van der Waals surface area contributed by atoms with E-state index in [-0.39, 0.29) is 15.1 Å². The molecule has 21 heavy (non-hydrogen) atoms. The van der Waals surface area contributed by atoms with E-state index in [1.54, 1.807) is 0 Å². The van der Waals surface area contributed by atoms with E-state index in [4.69, 9.17) is 28.5 Å². The molecule has 2 rings (SSSR count). The van der Waals surface area contributed by atoms with Gasteiger partial charge >= 0.3 is 0 Å². The van der Waals surface area contributed by atoms with Crippen LogP contribution >= 0.6 is 39.1 Å². The molecule has 108 valence electrons. The molecule has 1 aromatic carbocycles. The summed E-state index contributed by atoms with van der Waals surface area (Å²) in [7, 11) is -3.86. The van der Waals surface area contributed by atoms with Crippen molar-refractivity contribution in [2.45, 2.75) is 4.90 Å². The summed E-state index contributed by atoms with van der Waals surface area (Å²) in [5.74, 6) is 0. The fourth-order valence-electron chi connectivity index (χ4n) is 1.42. The largest absolute Gasteiger partial charge is 0.278 e. The maximum atomic E-state index is 12.2. The van der Waals surface area contributed by atoms with Crippen LogP contribution in [0.5, 0.6) is 0 Å². The van der Waals surface area contributed by atoms with Crippen LogP contribution in [-0.4, -0.2) is 13.4 Å². The van der Waals surface area contributed by atoms with E-state index in [1.165, 1.54) is 24.3 Å². The maximum Gasteiger partial charge on any atom is 0.263 e. The molecule has 0 aliphatic rings. The van der Waals surface area contributed by atoms with Crippen LogP contribution in [0, 0.1) is 11.3 Å². The summed E-state index contributed by atoms with van der Waals surface area (Å²) in [5, 5.41) is 8.84. The lowest BCUT2D eigenvalue weighted by Crippen LogP contribution is -2.13. The van der Waals surface area contributed by atoms with Crippen molar-refractivity contribution < 1.29 is 8.42 Å². The second-order valence-corrected chi connectivity index (χ2v) is 7.16. The van der Waals surface area contributed by atoms with E-state index in [9.17, 15) is 8.42 Å². The van der Waals surface area contributed by atoms with Gasteiger partial charge in [-0.15, -0.1) is 0 Å². The highest BCUT2D eigenvalue weighted by Crippen LogP contribution is 2.27. The second kappa shape index (κ2) is 6.20. The Kier molecular flexibility index (Phi) is 4.74. The number of nitrogens with one attached hydrogen (secondary N) is 1. The number of nitrogens with zero attached hydrogens (tertiary/aromatic N) is 2. The number of pyridine rings is 1. The van der Waals surface area contributed by atoms with E-state index in [0.717, 1.165) is 6.20 Å². The number of benzene rings is 1. The molecule has 1 aromatic heterocycles. The number of anilines is 1. The molecule has 9 heteroatoms. The lowest BCUT2D eigenvalue weighted by Gasteiger charge is -2.10. The van der Waals surface area contributed by atoms with E-state index in [1.807, 2.05) is 6.07 Å². The molecule has 0 saturated carbocycles. The summed E-state index contributed by atoms with van der Waals surface area (Å²) in [6.07, 6.45) is 1.11. The second-order valence-electron chi connectivity index (χ2n) is 3.86. The molecule has 2 aromatic rings. The van der Waals surface area contributed by atoms with E-state index < -0.39 is 10.0 Å². The number of rotatable bonds is 3. The molecule has 1 heterocycles. The van der Waals surface area contributed by atoms with Gasteiger partial charge in [0.1, 0.15) is 10.0 Å². The maximum absolute atomic E-state index is 12.2. The Hall–Kier alpha value is -1.33. The summed E-state index contributed by atoms with van der Waals surface area (Å²) in [5.41, 5.74) is 0.695.